The molecule has 1 aromatic carbocycles. The summed E-state index contributed by atoms with van der Waals surface area (Å²) < 4.78 is 10.7. The average Bonchev–Trinajstić information content (AvgIpc) is 2.86. The van der Waals surface area contributed by atoms with Crippen LogP contribution in [0.25, 0.3) is 10.9 Å². The minimum atomic E-state index is -0.441. The van der Waals surface area contributed by atoms with Gasteiger partial charge >= 0.3 is 6.03 Å². The molecule has 32 heavy (non-hydrogen) atoms. The van der Waals surface area contributed by atoms with Gasteiger partial charge in [-0.25, -0.2) is 9.78 Å². The van der Waals surface area contributed by atoms with E-state index in [0.717, 1.165) is 5.39 Å². The van der Waals surface area contributed by atoms with E-state index in [4.69, 9.17) is 9.47 Å². The molecule has 2 aromatic rings. The van der Waals surface area contributed by atoms with Crippen molar-refractivity contribution in [3.8, 4) is 5.75 Å². The van der Waals surface area contributed by atoms with Gasteiger partial charge in [0, 0.05) is 50.7 Å². The minimum absolute atomic E-state index is 0.00923. The standard InChI is InChI=1S/C22H27N5O5/c1-31-19-14-18(24-17-5-3-2-4-16(17)19)21(29)23-15-20(28)25-6-8-26(9-7-25)22(30)27-10-12-32-13-11-27/h2-5,14H,6-13,15H2,1H3,(H,23,29). The number of carbonyl (C=O) groups is 3. The molecule has 0 atom stereocenters. The molecule has 0 unspecified atom stereocenters. The molecule has 2 saturated heterocycles. The third-order valence-corrected chi connectivity index (χ3v) is 5.72. The number of urea groups is 1. The second-order valence-corrected chi connectivity index (χ2v) is 7.66. The van der Waals surface area contributed by atoms with Gasteiger partial charge < -0.3 is 29.5 Å². The van der Waals surface area contributed by atoms with Gasteiger partial charge in [0.1, 0.15) is 11.4 Å². The molecular formula is C22H27N5O5. The van der Waals surface area contributed by atoms with Gasteiger partial charge in [0.25, 0.3) is 5.91 Å². The summed E-state index contributed by atoms with van der Waals surface area (Å²) in [6.07, 6.45) is 0. The maximum Gasteiger partial charge on any atom is 0.320 e. The SMILES string of the molecule is COc1cc(C(=O)NCC(=O)N2CCN(C(=O)N3CCOCC3)CC2)nc2ccccc12. The summed E-state index contributed by atoms with van der Waals surface area (Å²) in [7, 11) is 1.54. The zero-order chi connectivity index (χ0) is 22.5. The van der Waals surface area contributed by atoms with Gasteiger partial charge in [-0.1, -0.05) is 12.1 Å². The highest BCUT2D eigenvalue weighted by Gasteiger charge is 2.28. The first-order chi connectivity index (χ1) is 15.6. The van der Waals surface area contributed by atoms with Gasteiger partial charge in [0.05, 0.1) is 32.4 Å². The van der Waals surface area contributed by atoms with Crippen LogP contribution < -0.4 is 10.1 Å². The van der Waals surface area contributed by atoms with E-state index in [1.165, 1.54) is 7.11 Å². The Bertz CT molecular complexity index is 999. The Morgan fingerprint density at radius 3 is 2.38 bits per heavy atom. The number of carbonyl (C=O) groups excluding carboxylic acids is 3. The smallest absolute Gasteiger partial charge is 0.320 e. The summed E-state index contributed by atoms with van der Waals surface area (Å²) >= 11 is 0. The maximum absolute atomic E-state index is 12.6. The lowest BCUT2D eigenvalue weighted by atomic mass is 10.1. The largest absolute Gasteiger partial charge is 0.496 e. The number of pyridine rings is 1. The number of hydrogen-bond donors (Lipinski definition) is 1. The molecule has 0 bridgehead atoms. The van der Waals surface area contributed by atoms with Crippen molar-refractivity contribution in [3.05, 3.63) is 36.0 Å². The fraction of sp³-hybridized carbons (Fsp3) is 0.455. The Hall–Kier alpha value is -3.40. The first-order valence-electron chi connectivity index (χ1n) is 10.7. The van der Waals surface area contributed by atoms with Gasteiger partial charge in [-0.3, -0.25) is 9.59 Å². The summed E-state index contributed by atoms with van der Waals surface area (Å²) in [6, 6.07) is 8.94. The van der Waals surface area contributed by atoms with Crippen LogP contribution in [-0.2, 0) is 9.53 Å². The molecule has 4 amide bonds. The van der Waals surface area contributed by atoms with Crippen LogP contribution in [0.3, 0.4) is 0 Å². The van der Waals surface area contributed by atoms with Crippen LogP contribution in [0.4, 0.5) is 4.79 Å². The van der Waals surface area contributed by atoms with Crippen molar-refractivity contribution in [3.63, 3.8) is 0 Å². The zero-order valence-corrected chi connectivity index (χ0v) is 18.1. The van der Waals surface area contributed by atoms with Gasteiger partial charge in [-0.2, -0.15) is 0 Å². The zero-order valence-electron chi connectivity index (χ0n) is 18.1. The Labute approximate surface area is 186 Å². The van der Waals surface area contributed by atoms with Crippen LogP contribution >= 0.6 is 0 Å². The summed E-state index contributed by atoms with van der Waals surface area (Å²) in [5.74, 6) is -0.0822. The normalized spacial score (nSPS) is 16.7. The summed E-state index contributed by atoms with van der Waals surface area (Å²) in [4.78, 5) is 47.3. The summed E-state index contributed by atoms with van der Waals surface area (Å²) in [5, 5.41) is 3.46. The van der Waals surface area contributed by atoms with Gasteiger partial charge in [0.15, 0.2) is 0 Å². The lowest BCUT2D eigenvalue weighted by molar-refractivity contribution is -0.131. The molecule has 10 heteroatoms. The highest BCUT2D eigenvalue weighted by molar-refractivity contribution is 5.98. The van der Waals surface area contributed by atoms with Crippen molar-refractivity contribution >= 4 is 28.7 Å². The van der Waals surface area contributed by atoms with Crippen molar-refractivity contribution in [2.45, 2.75) is 0 Å². The number of morpholine rings is 1. The minimum Gasteiger partial charge on any atom is -0.496 e. The topological polar surface area (TPSA) is 104 Å². The van der Waals surface area contributed by atoms with E-state index in [0.29, 0.717) is 63.7 Å². The van der Waals surface area contributed by atoms with E-state index >= 15 is 0 Å². The van der Waals surface area contributed by atoms with E-state index in [-0.39, 0.29) is 24.2 Å². The van der Waals surface area contributed by atoms with E-state index in [2.05, 4.69) is 10.3 Å². The number of nitrogens with zero attached hydrogens (tertiary/aromatic N) is 4. The fourth-order valence-electron chi connectivity index (χ4n) is 3.89. The lowest BCUT2D eigenvalue weighted by Crippen LogP contribution is -2.56. The molecule has 0 saturated carbocycles. The number of benzene rings is 1. The lowest BCUT2D eigenvalue weighted by Gasteiger charge is -2.38. The predicted molar refractivity (Wildman–Crippen MR) is 117 cm³/mol. The van der Waals surface area contributed by atoms with Crippen molar-refractivity contribution in [2.24, 2.45) is 0 Å². The number of nitrogens with one attached hydrogen (secondary N) is 1. The van der Waals surface area contributed by atoms with Crippen molar-refractivity contribution < 1.29 is 23.9 Å². The predicted octanol–water partition coefficient (Wildman–Crippen LogP) is 0.570. The second kappa shape index (κ2) is 9.82. The maximum atomic E-state index is 12.6. The average molecular weight is 441 g/mol. The number of hydrogen-bond acceptors (Lipinski definition) is 6. The molecule has 0 radical (unpaired) electrons. The molecule has 2 fully saturated rings. The number of rotatable bonds is 4. The summed E-state index contributed by atoms with van der Waals surface area (Å²) in [5.41, 5.74) is 0.832. The molecule has 0 aliphatic carbocycles. The van der Waals surface area contributed by atoms with Crippen LogP contribution in [0.2, 0.25) is 0 Å². The number of amides is 4. The number of methoxy groups -OCH3 is 1. The molecule has 170 valence electrons. The van der Waals surface area contributed by atoms with Crippen molar-refractivity contribution in [1.82, 2.24) is 25.0 Å². The molecule has 2 aliphatic heterocycles. The Balaban J connectivity index is 1.29. The number of para-hydroxylation sites is 1. The Kier molecular flexibility index (Phi) is 6.69. The number of aromatic nitrogens is 1. The number of fused-ring (bicyclic) bond motifs is 1. The molecule has 1 aromatic heterocycles. The number of piperazine rings is 1. The Morgan fingerprint density at radius 2 is 1.66 bits per heavy atom. The molecular weight excluding hydrogens is 414 g/mol. The van der Waals surface area contributed by atoms with Gasteiger partial charge in [0.2, 0.25) is 5.91 Å². The van der Waals surface area contributed by atoms with Gasteiger partial charge in [-0.15, -0.1) is 0 Å². The first-order valence-corrected chi connectivity index (χ1v) is 10.7. The van der Waals surface area contributed by atoms with E-state index in [1.807, 2.05) is 18.2 Å². The third kappa shape index (κ3) is 4.75. The van der Waals surface area contributed by atoms with Crippen LogP contribution in [0.15, 0.2) is 30.3 Å². The quantitative estimate of drug-likeness (QED) is 0.744. The number of ether oxygens (including phenoxy) is 2. The molecule has 1 N–H and O–H groups in total. The molecule has 4 rings (SSSR count). The van der Waals surface area contributed by atoms with E-state index < -0.39 is 5.91 Å². The molecule has 2 aliphatic rings. The molecule has 3 heterocycles. The molecule has 0 spiro atoms. The monoisotopic (exact) mass is 441 g/mol. The fourth-order valence-corrected chi connectivity index (χ4v) is 3.89. The highest BCUT2D eigenvalue weighted by atomic mass is 16.5. The second-order valence-electron chi connectivity index (χ2n) is 7.66. The van der Waals surface area contributed by atoms with Crippen molar-refractivity contribution in [1.29, 1.82) is 0 Å². The first kappa shape index (κ1) is 21.8. The molecule has 10 nitrogen and oxygen atoms in total. The van der Waals surface area contributed by atoms with Crippen LogP contribution in [-0.4, -0.2) is 104 Å². The third-order valence-electron chi connectivity index (χ3n) is 5.72. The van der Waals surface area contributed by atoms with Crippen molar-refractivity contribution in [2.75, 3.05) is 66.1 Å². The summed E-state index contributed by atoms with van der Waals surface area (Å²) in [6.45, 7) is 3.99. The van der Waals surface area contributed by atoms with Gasteiger partial charge in [-0.05, 0) is 12.1 Å². The van der Waals surface area contributed by atoms with E-state index in [9.17, 15) is 14.4 Å². The van der Waals surface area contributed by atoms with Crippen LogP contribution in [0, 0.1) is 0 Å². The van der Waals surface area contributed by atoms with Crippen LogP contribution in [0.5, 0.6) is 5.75 Å². The van der Waals surface area contributed by atoms with Crippen LogP contribution in [0.1, 0.15) is 10.5 Å². The highest BCUT2D eigenvalue weighted by Crippen LogP contribution is 2.24. The Morgan fingerprint density at radius 1 is 1.00 bits per heavy atom. The van der Waals surface area contributed by atoms with E-state index in [1.54, 1.807) is 26.8 Å².